The van der Waals surface area contributed by atoms with Crippen molar-refractivity contribution in [2.24, 2.45) is 0 Å². The number of aldehydes is 1. The zero-order valence-electron chi connectivity index (χ0n) is 21.5. The van der Waals surface area contributed by atoms with Gasteiger partial charge in [0.05, 0.1) is 71.0 Å². The predicted molar refractivity (Wildman–Crippen MR) is 137 cm³/mol. The van der Waals surface area contributed by atoms with Crippen LogP contribution < -0.4 is 9.47 Å². The summed E-state index contributed by atoms with van der Waals surface area (Å²) in [7, 11) is -3.80. The Hall–Kier alpha value is -2.58. The Kier molecular flexibility index (Phi) is 15.5. The lowest BCUT2D eigenvalue weighted by atomic mass is 10.2. The second-order valence-corrected chi connectivity index (χ2v) is 9.43. The fourth-order valence-electron chi connectivity index (χ4n) is 2.95. The van der Waals surface area contributed by atoms with Crippen LogP contribution in [0.3, 0.4) is 0 Å². The molecule has 0 aromatic heterocycles. The highest BCUT2D eigenvalue weighted by molar-refractivity contribution is 7.86. The molecule has 0 unspecified atom stereocenters. The number of hydrogen-bond acceptors (Lipinski definition) is 11. The largest absolute Gasteiger partial charge is 0.491 e. The Morgan fingerprint density at radius 1 is 0.684 bits per heavy atom. The van der Waals surface area contributed by atoms with Crippen LogP contribution in [-0.2, 0) is 33.2 Å². The second-order valence-electron chi connectivity index (χ2n) is 7.81. The maximum Gasteiger partial charge on any atom is 0.297 e. The number of rotatable bonds is 22. The summed E-state index contributed by atoms with van der Waals surface area (Å²) in [6.45, 7) is 4.63. The Morgan fingerprint density at radius 2 is 1.16 bits per heavy atom. The van der Waals surface area contributed by atoms with Crippen molar-refractivity contribution >= 4 is 16.4 Å². The minimum Gasteiger partial charge on any atom is -0.491 e. The Labute approximate surface area is 223 Å². The minimum absolute atomic E-state index is 0.0252. The van der Waals surface area contributed by atoms with E-state index in [1.807, 2.05) is 6.92 Å². The first-order valence-electron chi connectivity index (χ1n) is 12.2. The molecular formula is C26H36O11S. The SMILES string of the molecule is Cc1ccc(S(=O)(=O)OCCOCCOCCOc2cc(C=O)cc(OCCOCCOCCO)c2)cc1. The third-order valence-electron chi connectivity index (χ3n) is 4.79. The Balaban J connectivity index is 1.54. The normalized spacial score (nSPS) is 11.4. The van der Waals surface area contributed by atoms with Gasteiger partial charge in [-0.25, -0.2) is 0 Å². The highest BCUT2D eigenvalue weighted by Crippen LogP contribution is 2.22. The van der Waals surface area contributed by atoms with E-state index in [1.54, 1.807) is 30.3 Å². The fourth-order valence-corrected chi connectivity index (χ4v) is 3.84. The molecular weight excluding hydrogens is 520 g/mol. The molecule has 2 aromatic carbocycles. The lowest BCUT2D eigenvalue weighted by Gasteiger charge is -2.11. The number of carbonyl (C=O) groups is 1. The number of benzene rings is 2. The van der Waals surface area contributed by atoms with Gasteiger partial charge in [0, 0.05) is 11.6 Å². The molecule has 2 rings (SSSR count). The minimum atomic E-state index is -3.80. The molecule has 0 spiro atoms. The van der Waals surface area contributed by atoms with E-state index >= 15 is 0 Å². The summed E-state index contributed by atoms with van der Waals surface area (Å²) in [6, 6.07) is 11.3. The molecule has 0 aliphatic carbocycles. The molecule has 0 bridgehead atoms. The second kappa shape index (κ2) is 18.6. The molecule has 0 fully saturated rings. The van der Waals surface area contributed by atoms with E-state index in [9.17, 15) is 13.2 Å². The molecule has 0 saturated heterocycles. The van der Waals surface area contributed by atoms with E-state index in [-0.39, 0.29) is 57.8 Å². The molecule has 38 heavy (non-hydrogen) atoms. The third kappa shape index (κ3) is 13.3. The van der Waals surface area contributed by atoms with E-state index in [0.717, 1.165) is 5.56 Å². The summed E-state index contributed by atoms with van der Waals surface area (Å²) in [5.41, 5.74) is 1.37. The predicted octanol–water partition coefficient (Wildman–Crippen LogP) is 2.03. The van der Waals surface area contributed by atoms with Gasteiger partial charge in [-0.15, -0.1) is 0 Å². The zero-order chi connectivity index (χ0) is 27.5. The van der Waals surface area contributed by atoms with Gasteiger partial charge in [0.2, 0.25) is 0 Å². The van der Waals surface area contributed by atoms with Crippen LogP contribution in [-0.4, -0.2) is 99.1 Å². The van der Waals surface area contributed by atoms with Gasteiger partial charge in [0.15, 0.2) is 0 Å². The van der Waals surface area contributed by atoms with E-state index in [4.69, 9.17) is 37.7 Å². The fraction of sp³-hybridized carbons (Fsp3) is 0.500. The van der Waals surface area contributed by atoms with Crippen molar-refractivity contribution in [3.8, 4) is 11.5 Å². The van der Waals surface area contributed by atoms with Crippen LogP contribution in [0.1, 0.15) is 15.9 Å². The van der Waals surface area contributed by atoms with Crippen LogP contribution in [0.25, 0.3) is 0 Å². The van der Waals surface area contributed by atoms with Crippen LogP contribution in [0.5, 0.6) is 11.5 Å². The van der Waals surface area contributed by atoms with Gasteiger partial charge in [-0.2, -0.15) is 8.42 Å². The Bertz CT molecular complexity index is 1030. The monoisotopic (exact) mass is 556 g/mol. The highest BCUT2D eigenvalue weighted by atomic mass is 32.2. The first-order valence-corrected chi connectivity index (χ1v) is 13.6. The smallest absolute Gasteiger partial charge is 0.297 e. The standard InChI is InChI=1S/C26H36O11S/c1-22-2-4-26(5-3-22)38(29,30)37-17-14-34-11-10-33-13-16-36-25-19-23(21-28)18-24(20-25)35-15-12-32-9-8-31-7-6-27/h2-5,18-21,27H,6-17H2,1H3. The third-order valence-corrected chi connectivity index (χ3v) is 6.11. The Morgan fingerprint density at radius 3 is 1.66 bits per heavy atom. The van der Waals surface area contributed by atoms with Crippen molar-refractivity contribution in [1.82, 2.24) is 0 Å². The molecule has 0 amide bonds. The molecule has 1 N–H and O–H groups in total. The number of aliphatic hydroxyl groups is 1. The van der Waals surface area contributed by atoms with Gasteiger partial charge in [0.1, 0.15) is 31.0 Å². The summed E-state index contributed by atoms with van der Waals surface area (Å²) < 4.78 is 61.6. The van der Waals surface area contributed by atoms with Crippen LogP contribution >= 0.6 is 0 Å². The summed E-state index contributed by atoms with van der Waals surface area (Å²) in [5, 5.41) is 8.63. The van der Waals surface area contributed by atoms with Crippen LogP contribution in [0.15, 0.2) is 47.4 Å². The van der Waals surface area contributed by atoms with Crippen molar-refractivity contribution in [3.05, 3.63) is 53.6 Å². The number of carbonyl (C=O) groups excluding carboxylic acids is 1. The number of ether oxygens (including phenoxy) is 6. The lowest BCUT2D eigenvalue weighted by molar-refractivity contribution is 0.0246. The van der Waals surface area contributed by atoms with Gasteiger partial charge >= 0.3 is 0 Å². The highest BCUT2D eigenvalue weighted by Gasteiger charge is 2.14. The summed E-state index contributed by atoms with van der Waals surface area (Å²) in [4.78, 5) is 11.3. The van der Waals surface area contributed by atoms with Crippen molar-refractivity contribution in [3.63, 3.8) is 0 Å². The summed E-state index contributed by atoms with van der Waals surface area (Å²) in [5.74, 6) is 0.945. The summed E-state index contributed by atoms with van der Waals surface area (Å²) in [6.07, 6.45) is 0.707. The first kappa shape index (κ1) is 31.6. The molecule has 0 heterocycles. The van der Waals surface area contributed by atoms with Gasteiger partial charge in [0.25, 0.3) is 10.1 Å². The van der Waals surface area contributed by atoms with E-state index < -0.39 is 10.1 Å². The molecule has 11 nitrogen and oxygen atoms in total. The molecule has 0 aliphatic rings. The van der Waals surface area contributed by atoms with Crippen LogP contribution in [0.4, 0.5) is 0 Å². The van der Waals surface area contributed by atoms with E-state index in [0.29, 0.717) is 49.8 Å². The van der Waals surface area contributed by atoms with Gasteiger partial charge < -0.3 is 33.5 Å². The first-order chi connectivity index (χ1) is 18.4. The summed E-state index contributed by atoms with van der Waals surface area (Å²) >= 11 is 0. The van der Waals surface area contributed by atoms with Crippen LogP contribution in [0.2, 0.25) is 0 Å². The van der Waals surface area contributed by atoms with Crippen molar-refractivity contribution in [1.29, 1.82) is 0 Å². The van der Waals surface area contributed by atoms with E-state index in [1.165, 1.54) is 12.1 Å². The average Bonchev–Trinajstić information content (AvgIpc) is 2.91. The quantitative estimate of drug-likeness (QED) is 0.130. The molecule has 2 aromatic rings. The number of aliphatic hydroxyl groups excluding tert-OH is 1. The molecule has 0 saturated carbocycles. The molecule has 0 radical (unpaired) electrons. The average molecular weight is 557 g/mol. The molecule has 212 valence electrons. The van der Waals surface area contributed by atoms with Gasteiger partial charge in [-0.1, -0.05) is 17.7 Å². The lowest BCUT2D eigenvalue weighted by Crippen LogP contribution is -2.15. The topological polar surface area (TPSA) is 136 Å². The maximum atomic E-state index is 12.1. The van der Waals surface area contributed by atoms with E-state index in [2.05, 4.69) is 0 Å². The van der Waals surface area contributed by atoms with Crippen molar-refractivity contribution < 1.29 is 50.9 Å². The van der Waals surface area contributed by atoms with Crippen molar-refractivity contribution in [2.75, 3.05) is 79.3 Å². The molecule has 12 heteroatoms. The molecule has 0 atom stereocenters. The van der Waals surface area contributed by atoms with Crippen molar-refractivity contribution in [2.45, 2.75) is 11.8 Å². The molecule has 0 aliphatic heterocycles. The van der Waals surface area contributed by atoms with Crippen LogP contribution in [0, 0.1) is 6.92 Å². The zero-order valence-corrected chi connectivity index (χ0v) is 22.4. The number of hydrogen-bond donors (Lipinski definition) is 1. The maximum absolute atomic E-state index is 12.1. The number of aryl methyl sites for hydroxylation is 1. The van der Waals surface area contributed by atoms with Gasteiger partial charge in [-0.05, 0) is 31.2 Å². The van der Waals surface area contributed by atoms with Gasteiger partial charge in [-0.3, -0.25) is 8.98 Å².